The van der Waals surface area contributed by atoms with Crippen molar-refractivity contribution in [1.82, 2.24) is 15.0 Å². The van der Waals surface area contributed by atoms with Crippen molar-refractivity contribution in [3.05, 3.63) is 174 Å². The molecule has 0 aliphatic carbocycles. The van der Waals surface area contributed by atoms with E-state index < -0.39 is 0 Å². The number of furan rings is 1. The summed E-state index contributed by atoms with van der Waals surface area (Å²) in [5.74, 6) is 1.90. The lowest BCUT2D eigenvalue weighted by Gasteiger charge is -2.13. The van der Waals surface area contributed by atoms with Gasteiger partial charge >= 0.3 is 0 Å². The average Bonchev–Trinajstić information content (AvgIpc) is 3.78. The van der Waals surface area contributed by atoms with E-state index in [2.05, 4.69) is 104 Å². The monoisotopic (exact) mass is 713 g/mol. The maximum atomic E-state index is 6.55. The van der Waals surface area contributed by atoms with Gasteiger partial charge in [-0.15, -0.1) is 11.3 Å². The summed E-state index contributed by atoms with van der Waals surface area (Å²) >= 11 is 1.89. The molecule has 3 aromatic heterocycles. The maximum Gasteiger partial charge on any atom is 0.164 e. The summed E-state index contributed by atoms with van der Waals surface area (Å²) in [6, 6.07) is 55.5. The highest BCUT2D eigenvalue weighted by Crippen LogP contribution is 2.40. The molecule has 3 heterocycles. The van der Waals surface area contributed by atoms with Crippen LogP contribution in [0, 0.1) is 6.92 Å². The fourth-order valence-corrected chi connectivity index (χ4v) is 8.83. The Morgan fingerprint density at radius 2 is 1.09 bits per heavy atom. The molecular formula is C49H35N3OS. The van der Waals surface area contributed by atoms with Gasteiger partial charge in [-0.05, 0) is 90.4 Å². The highest BCUT2D eigenvalue weighted by molar-refractivity contribution is 7.25. The number of fused-ring (bicyclic) bond motifs is 6. The molecule has 0 aliphatic rings. The van der Waals surface area contributed by atoms with Crippen molar-refractivity contribution in [1.29, 1.82) is 0 Å². The second-order valence-electron chi connectivity index (χ2n) is 14.0. The van der Waals surface area contributed by atoms with Crippen LogP contribution < -0.4 is 0 Å². The summed E-state index contributed by atoms with van der Waals surface area (Å²) < 4.78 is 9.25. The third kappa shape index (κ3) is 5.93. The zero-order chi connectivity index (χ0) is 36.0. The predicted molar refractivity (Wildman–Crippen MR) is 225 cm³/mol. The van der Waals surface area contributed by atoms with Crippen LogP contribution in [0.4, 0.5) is 0 Å². The minimum absolute atomic E-state index is 0.615. The van der Waals surface area contributed by atoms with Gasteiger partial charge in [0.15, 0.2) is 17.5 Å². The van der Waals surface area contributed by atoms with Gasteiger partial charge in [0.05, 0.1) is 0 Å². The van der Waals surface area contributed by atoms with Gasteiger partial charge in [-0.1, -0.05) is 121 Å². The lowest BCUT2D eigenvalue weighted by molar-refractivity contribution is 0.667. The van der Waals surface area contributed by atoms with Gasteiger partial charge in [-0.3, -0.25) is 0 Å². The lowest BCUT2D eigenvalue weighted by Crippen LogP contribution is -2.00. The van der Waals surface area contributed by atoms with Crippen LogP contribution in [0.5, 0.6) is 0 Å². The quantitative estimate of drug-likeness (QED) is 0.157. The number of benzene rings is 7. The van der Waals surface area contributed by atoms with Gasteiger partial charge < -0.3 is 4.42 Å². The van der Waals surface area contributed by atoms with Crippen LogP contribution in [-0.2, 0) is 12.8 Å². The summed E-state index contributed by atoms with van der Waals surface area (Å²) in [6.07, 6.45) is 3.00. The summed E-state index contributed by atoms with van der Waals surface area (Å²) in [4.78, 5) is 14.7. The molecule has 0 radical (unpaired) electrons. The molecular weight excluding hydrogens is 679 g/mol. The fourth-order valence-electron chi connectivity index (χ4n) is 7.68. The second-order valence-corrected chi connectivity index (χ2v) is 15.0. The molecule has 0 atom stereocenters. The van der Waals surface area contributed by atoms with Crippen molar-refractivity contribution in [2.45, 2.75) is 26.2 Å². The summed E-state index contributed by atoms with van der Waals surface area (Å²) in [6.45, 7) is 2.22. The first kappa shape index (κ1) is 32.2. The van der Waals surface area contributed by atoms with E-state index in [1.807, 2.05) is 72.0 Å². The van der Waals surface area contributed by atoms with E-state index in [0.717, 1.165) is 57.9 Å². The van der Waals surface area contributed by atoms with Crippen molar-refractivity contribution >= 4 is 53.4 Å². The average molecular weight is 714 g/mol. The van der Waals surface area contributed by atoms with Crippen molar-refractivity contribution in [3.8, 4) is 45.3 Å². The van der Waals surface area contributed by atoms with Crippen LogP contribution in [0.25, 0.3) is 87.4 Å². The van der Waals surface area contributed by atoms with E-state index in [9.17, 15) is 0 Å². The molecule has 258 valence electrons. The summed E-state index contributed by atoms with van der Waals surface area (Å²) in [7, 11) is 0. The minimum Gasteiger partial charge on any atom is -0.456 e. The maximum absolute atomic E-state index is 6.55. The molecule has 0 amide bonds. The molecule has 10 aromatic rings. The van der Waals surface area contributed by atoms with Gasteiger partial charge in [0, 0.05) is 47.6 Å². The van der Waals surface area contributed by atoms with Crippen LogP contribution in [0.1, 0.15) is 23.1 Å². The number of thiophene rings is 1. The highest BCUT2D eigenvalue weighted by Gasteiger charge is 2.16. The van der Waals surface area contributed by atoms with Crippen molar-refractivity contribution in [2.75, 3.05) is 0 Å². The van der Waals surface area contributed by atoms with Crippen LogP contribution in [0.15, 0.2) is 162 Å². The van der Waals surface area contributed by atoms with E-state index in [-0.39, 0.29) is 0 Å². The van der Waals surface area contributed by atoms with Gasteiger partial charge in [-0.2, -0.15) is 0 Å². The fraction of sp³-hybridized carbons (Fsp3) is 0.0816. The Kier molecular flexibility index (Phi) is 8.07. The SMILES string of the molecule is Cc1ccccc1-c1cc2c(cc1CCCc1ccc3c(c1)oc1cc(-c4nc(-c5ccccc5)nc(-c5ccccc5)n4)ccc13)sc1ccccc12. The van der Waals surface area contributed by atoms with Crippen LogP contribution >= 0.6 is 11.3 Å². The minimum atomic E-state index is 0.615. The van der Waals surface area contributed by atoms with Gasteiger partial charge in [-0.25, -0.2) is 15.0 Å². The first-order valence-electron chi connectivity index (χ1n) is 18.5. The standard InChI is InChI=1S/C49H35N3OS/c1-31-13-8-9-20-37(31)41-30-42-40-21-10-11-22-45(40)54-46(42)29-35(41)19-12-14-32-23-25-38-39-26-24-36(28-44(39)53-43(38)27-32)49-51-47(33-15-4-2-5-16-33)50-48(52-49)34-17-6-3-7-18-34/h2-11,13,15-18,20-30H,12,14,19H2,1H3. The van der Waals surface area contributed by atoms with E-state index in [4.69, 9.17) is 19.4 Å². The Hall–Kier alpha value is -6.43. The molecule has 0 aliphatic heterocycles. The molecule has 0 saturated heterocycles. The number of aromatic nitrogens is 3. The Balaban J connectivity index is 0.954. The third-order valence-electron chi connectivity index (χ3n) is 10.4. The van der Waals surface area contributed by atoms with Gasteiger partial charge in [0.25, 0.3) is 0 Å². The summed E-state index contributed by atoms with van der Waals surface area (Å²) in [5, 5.41) is 4.88. The Morgan fingerprint density at radius 3 is 1.83 bits per heavy atom. The van der Waals surface area contributed by atoms with E-state index >= 15 is 0 Å². The molecule has 4 nitrogen and oxygen atoms in total. The van der Waals surface area contributed by atoms with Crippen molar-refractivity contribution in [3.63, 3.8) is 0 Å². The van der Waals surface area contributed by atoms with E-state index in [1.165, 1.54) is 48.0 Å². The lowest BCUT2D eigenvalue weighted by atomic mass is 9.91. The number of nitrogens with zero attached hydrogens (tertiary/aromatic N) is 3. The molecule has 5 heteroatoms. The number of hydrogen-bond donors (Lipinski definition) is 0. The van der Waals surface area contributed by atoms with E-state index in [1.54, 1.807) is 0 Å². The smallest absolute Gasteiger partial charge is 0.164 e. The van der Waals surface area contributed by atoms with Crippen LogP contribution in [0.2, 0.25) is 0 Å². The molecule has 0 N–H and O–H groups in total. The Bertz CT molecular complexity index is 2920. The van der Waals surface area contributed by atoms with Crippen molar-refractivity contribution in [2.24, 2.45) is 0 Å². The largest absolute Gasteiger partial charge is 0.456 e. The molecule has 0 fully saturated rings. The van der Waals surface area contributed by atoms with Gasteiger partial charge in [0.1, 0.15) is 11.2 Å². The molecule has 0 spiro atoms. The Labute approximate surface area is 317 Å². The highest BCUT2D eigenvalue weighted by atomic mass is 32.1. The van der Waals surface area contributed by atoms with Gasteiger partial charge in [0.2, 0.25) is 0 Å². The molecule has 0 unspecified atom stereocenters. The first-order chi connectivity index (χ1) is 26.6. The molecule has 0 saturated carbocycles. The normalized spacial score (nSPS) is 11.6. The van der Waals surface area contributed by atoms with E-state index in [0.29, 0.717) is 17.5 Å². The first-order valence-corrected chi connectivity index (χ1v) is 19.3. The molecule has 0 bridgehead atoms. The number of rotatable bonds is 8. The predicted octanol–water partition coefficient (Wildman–Crippen LogP) is 13.3. The number of hydrogen-bond acceptors (Lipinski definition) is 5. The van der Waals surface area contributed by atoms with Crippen molar-refractivity contribution < 1.29 is 4.42 Å². The number of aryl methyl sites for hydroxylation is 3. The second kappa shape index (κ2) is 13.5. The Morgan fingerprint density at radius 1 is 0.463 bits per heavy atom. The van der Waals surface area contributed by atoms with Crippen LogP contribution in [0.3, 0.4) is 0 Å². The zero-order valence-electron chi connectivity index (χ0n) is 29.8. The molecule has 10 rings (SSSR count). The molecule has 7 aromatic carbocycles. The zero-order valence-corrected chi connectivity index (χ0v) is 30.6. The molecule has 54 heavy (non-hydrogen) atoms. The third-order valence-corrected chi connectivity index (χ3v) is 11.6. The summed E-state index contributed by atoms with van der Waals surface area (Å²) in [5.41, 5.74) is 11.2. The topological polar surface area (TPSA) is 51.8 Å². The van der Waals surface area contributed by atoms with Crippen LogP contribution in [-0.4, -0.2) is 15.0 Å².